The first-order valence-electron chi connectivity index (χ1n) is 11.0. The lowest BCUT2D eigenvalue weighted by Gasteiger charge is -2.26. The summed E-state index contributed by atoms with van der Waals surface area (Å²) in [5, 5.41) is 20.0. The van der Waals surface area contributed by atoms with Gasteiger partial charge in [0.25, 0.3) is 0 Å². The summed E-state index contributed by atoms with van der Waals surface area (Å²) in [6.07, 6.45) is 15.9. The first-order valence-corrected chi connectivity index (χ1v) is 11.0. The number of phenolic OH excluding ortho intramolecular Hbond substituents is 2. The number of allylic oxidation sites excluding steroid dienone is 2. The van der Waals surface area contributed by atoms with E-state index >= 15 is 0 Å². The molecule has 0 aromatic heterocycles. The minimum atomic E-state index is 0.326. The number of rotatable bonds is 3. The van der Waals surface area contributed by atoms with Crippen molar-refractivity contribution in [3.63, 3.8) is 0 Å². The quantitative estimate of drug-likeness (QED) is 0.559. The summed E-state index contributed by atoms with van der Waals surface area (Å²) in [7, 11) is 0. The van der Waals surface area contributed by atoms with Crippen LogP contribution in [0.25, 0.3) is 0 Å². The molecule has 0 radical (unpaired) electrons. The van der Waals surface area contributed by atoms with E-state index in [-0.39, 0.29) is 0 Å². The molecule has 1 fully saturated rings. The Morgan fingerprint density at radius 1 is 0.607 bits per heavy atom. The average Bonchev–Trinajstić information content (AvgIpc) is 2.69. The van der Waals surface area contributed by atoms with Gasteiger partial charge in [-0.3, -0.25) is 0 Å². The molecular formula is C26H32O2. The number of hydrogen-bond acceptors (Lipinski definition) is 2. The SMILES string of the molecule is Oc1ccc(C2C=CC(c3ccc(O)c(C4CCCCCCC4)c3)CC2)cc1. The Bertz CT molecular complexity index is 798. The standard InChI is InChI=1S/C26H32O2/c27-24-15-12-20(13-16-24)19-8-10-21(11-9-19)23-14-17-26(28)25(18-23)22-6-4-2-1-3-5-7-22/h8,10,12-19,21-22,27-28H,1-7,9,11H2. The zero-order valence-electron chi connectivity index (χ0n) is 16.7. The molecule has 148 valence electrons. The van der Waals surface area contributed by atoms with E-state index in [9.17, 15) is 10.2 Å². The van der Waals surface area contributed by atoms with Crippen LogP contribution in [0.15, 0.2) is 54.6 Å². The third-order valence-electron chi connectivity index (χ3n) is 6.71. The summed E-state index contributed by atoms with van der Waals surface area (Å²) in [6, 6.07) is 13.9. The maximum absolute atomic E-state index is 10.5. The van der Waals surface area contributed by atoms with Gasteiger partial charge in [0.2, 0.25) is 0 Å². The van der Waals surface area contributed by atoms with E-state index < -0.39 is 0 Å². The van der Waals surface area contributed by atoms with Gasteiger partial charge in [0.05, 0.1) is 0 Å². The molecule has 0 amide bonds. The van der Waals surface area contributed by atoms with Gasteiger partial charge in [-0.1, -0.05) is 68.5 Å². The predicted octanol–water partition coefficient (Wildman–Crippen LogP) is 7.14. The molecule has 0 spiro atoms. The molecule has 0 saturated heterocycles. The van der Waals surface area contributed by atoms with Crippen molar-refractivity contribution in [2.24, 2.45) is 0 Å². The highest BCUT2D eigenvalue weighted by Crippen LogP contribution is 2.40. The second kappa shape index (κ2) is 8.86. The lowest BCUT2D eigenvalue weighted by molar-refractivity contribution is 0.423. The topological polar surface area (TPSA) is 40.5 Å². The third-order valence-corrected chi connectivity index (χ3v) is 6.71. The molecule has 0 heterocycles. The fourth-order valence-electron chi connectivity index (χ4n) is 4.99. The summed E-state index contributed by atoms with van der Waals surface area (Å²) in [5.74, 6) is 2.18. The zero-order chi connectivity index (χ0) is 19.3. The van der Waals surface area contributed by atoms with Crippen molar-refractivity contribution in [2.75, 3.05) is 0 Å². The highest BCUT2D eigenvalue weighted by molar-refractivity contribution is 5.42. The summed E-state index contributed by atoms with van der Waals surface area (Å²) in [6.45, 7) is 0. The van der Waals surface area contributed by atoms with Crippen LogP contribution in [0.1, 0.15) is 92.2 Å². The molecule has 2 heteroatoms. The van der Waals surface area contributed by atoms with Crippen molar-refractivity contribution in [3.8, 4) is 11.5 Å². The molecule has 2 aliphatic rings. The van der Waals surface area contributed by atoms with Gasteiger partial charge in [0.1, 0.15) is 11.5 Å². The first kappa shape index (κ1) is 19.1. The fraction of sp³-hybridized carbons (Fsp3) is 0.462. The molecule has 28 heavy (non-hydrogen) atoms. The monoisotopic (exact) mass is 376 g/mol. The number of hydrogen-bond donors (Lipinski definition) is 2. The summed E-state index contributed by atoms with van der Waals surface area (Å²) >= 11 is 0. The van der Waals surface area contributed by atoms with E-state index in [1.165, 1.54) is 61.6 Å². The highest BCUT2D eigenvalue weighted by atomic mass is 16.3. The fourth-order valence-corrected chi connectivity index (χ4v) is 4.99. The minimum Gasteiger partial charge on any atom is -0.508 e. The zero-order valence-corrected chi connectivity index (χ0v) is 16.7. The Kier molecular flexibility index (Phi) is 6.04. The van der Waals surface area contributed by atoms with Gasteiger partial charge in [0, 0.05) is 11.8 Å². The van der Waals surface area contributed by atoms with Gasteiger partial charge in [-0.15, -0.1) is 0 Å². The number of phenols is 2. The van der Waals surface area contributed by atoms with Crippen molar-refractivity contribution >= 4 is 0 Å². The molecule has 2 nitrogen and oxygen atoms in total. The average molecular weight is 377 g/mol. The van der Waals surface area contributed by atoms with Gasteiger partial charge in [-0.2, -0.15) is 0 Å². The maximum Gasteiger partial charge on any atom is 0.119 e. The van der Waals surface area contributed by atoms with Gasteiger partial charge in [-0.25, -0.2) is 0 Å². The Hall–Kier alpha value is -2.22. The van der Waals surface area contributed by atoms with Crippen molar-refractivity contribution in [3.05, 3.63) is 71.3 Å². The van der Waals surface area contributed by atoms with Crippen LogP contribution in [0.5, 0.6) is 11.5 Å². The molecular weight excluding hydrogens is 344 g/mol. The highest BCUT2D eigenvalue weighted by Gasteiger charge is 2.22. The van der Waals surface area contributed by atoms with Crippen molar-refractivity contribution in [1.29, 1.82) is 0 Å². The Labute approximate surface area is 168 Å². The number of aromatic hydroxyl groups is 2. The molecule has 0 bridgehead atoms. The molecule has 2 atom stereocenters. The van der Waals surface area contributed by atoms with E-state index in [0.29, 0.717) is 29.3 Å². The summed E-state index contributed by atoms with van der Waals surface area (Å²) in [4.78, 5) is 0. The molecule has 2 unspecified atom stereocenters. The largest absolute Gasteiger partial charge is 0.508 e. The predicted molar refractivity (Wildman–Crippen MR) is 115 cm³/mol. The molecule has 2 aromatic carbocycles. The van der Waals surface area contributed by atoms with Crippen LogP contribution in [0.2, 0.25) is 0 Å². The van der Waals surface area contributed by atoms with Crippen LogP contribution in [0.4, 0.5) is 0 Å². The van der Waals surface area contributed by atoms with Crippen LogP contribution in [0, 0.1) is 0 Å². The van der Waals surface area contributed by atoms with E-state index in [0.717, 1.165) is 12.8 Å². The molecule has 2 aliphatic carbocycles. The number of benzene rings is 2. The van der Waals surface area contributed by atoms with Crippen LogP contribution < -0.4 is 0 Å². The van der Waals surface area contributed by atoms with Crippen LogP contribution in [-0.2, 0) is 0 Å². The third kappa shape index (κ3) is 4.43. The van der Waals surface area contributed by atoms with Gasteiger partial charge in [0.15, 0.2) is 0 Å². The Balaban J connectivity index is 1.50. The van der Waals surface area contributed by atoms with Crippen LogP contribution >= 0.6 is 0 Å². The Morgan fingerprint density at radius 2 is 1.18 bits per heavy atom. The first-order chi connectivity index (χ1) is 13.7. The summed E-state index contributed by atoms with van der Waals surface area (Å²) < 4.78 is 0. The van der Waals surface area contributed by atoms with Crippen molar-refractivity contribution in [2.45, 2.75) is 75.5 Å². The normalized spacial score (nSPS) is 23.9. The minimum absolute atomic E-state index is 0.326. The van der Waals surface area contributed by atoms with Crippen LogP contribution in [0.3, 0.4) is 0 Å². The van der Waals surface area contributed by atoms with Gasteiger partial charge >= 0.3 is 0 Å². The van der Waals surface area contributed by atoms with Crippen molar-refractivity contribution < 1.29 is 10.2 Å². The molecule has 2 N–H and O–H groups in total. The molecule has 4 rings (SSSR count). The molecule has 1 saturated carbocycles. The summed E-state index contributed by atoms with van der Waals surface area (Å²) in [5.41, 5.74) is 3.79. The molecule has 2 aromatic rings. The van der Waals surface area contributed by atoms with E-state index in [1.54, 1.807) is 12.1 Å². The van der Waals surface area contributed by atoms with Crippen molar-refractivity contribution in [1.82, 2.24) is 0 Å². The smallest absolute Gasteiger partial charge is 0.119 e. The maximum atomic E-state index is 10.5. The van der Waals surface area contributed by atoms with E-state index in [1.807, 2.05) is 18.2 Å². The lowest BCUT2D eigenvalue weighted by Crippen LogP contribution is -2.08. The van der Waals surface area contributed by atoms with Crippen LogP contribution in [-0.4, -0.2) is 10.2 Å². The second-order valence-corrected chi connectivity index (χ2v) is 8.63. The lowest BCUT2D eigenvalue weighted by atomic mass is 9.79. The second-order valence-electron chi connectivity index (χ2n) is 8.63. The van der Waals surface area contributed by atoms with E-state index in [2.05, 4.69) is 24.3 Å². The van der Waals surface area contributed by atoms with E-state index in [4.69, 9.17) is 0 Å². The molecule has 0 aliphatic heterocycles. The Morgan fingerprint density at radius 3 is 1.82 bits per heavy atom. The van der Waals surface area contributed by atoms with Gasteiger partial charge in [-0.05, 0) is 66.5 Å². The van der Waals surface area contributed by atoms with Gasteiger partial charge < -0.3 is 10.2 Å².